The van der Waals surface area contributed by atoms with Crippen LogP contribution < -0.4 is 28.6 Å². The number of sulfonamides is 1. The topological polar surface area (TPSA) is 103 Å². The molecule has 3 aromatic rings. The molecule has 0 unspecified atom stereocenters. The van der Waals surface area contributed by atoms with E-state index in [4.69, 9.17) is 18.9 Å². The zero-order valence-electron chi connectivity index (χ0n) is 19.3. The Morgan fingerprint density at radius 1 is 1.00 bits per heavy atom. The predicted molar refractivity (Wildman–Crippen MR) is 130 cm³/mol. The number of hydrogen-bond donors (Lipinski definition) is 1. The summed E-state index contributed by atoms with van der Waals surface area (Å²) in [5, 5.41) is 2.75. The SMILES string of the molecule is COc1ccc(OC)c(N(CC(=O)NC[C@@H]2COc3ccccc3O2)S(=O)(=O)c2ccccc2)c1. The van der Waals surface area contributed by atoms with Crippen LogP contribution in [0.1, 0.15) is 0 Å². The fourth-order valence-corrected chi connectivity index (χ4v) is 5.03. The lowest BCUT2D eigenvalue weighted by Crippen LogP contribution is -2.45. The van der Waals surface area contributed by atoms with Crippen LogP contribution in [0.4, 0.5) is 5.69 Å². The van der Waals surface area contributed by atoms with Crippen LogP contribution in [0.2, 0.25) is 0 Å². The molecule has 0 spiro atoms. The second kappa shape index (κ2) is 10.6. The molecule has 1 aliphatic heterocycles. The average Bonchev–Trinajstić information content (AvgIpc) is 2.90. The van der Waals surface area contributed by atoms with E-state index in [2.05, 4.69) is 5.32 Å². The Bertz CT molecular complexity index is 1280. The molecule has 0 aromatic heterocycles. The summed E-state index contributed by atoms with van der Waals surface area (Å²) < 4.78 is 50.4. The molecule has 0 radical (unpaired) electrons. The maximum Gasteiger partial charge on any atom is 0.264 e. The zero-order chi connectivity index (χ0) is 24.8. The standard InChI is InChI=1S/C25H26N2O7S/c1-31-18-12-13-22(32-2)21(14-18)27(35(29,30)20-8-4-3-5-9-20)16-25(28)26-15-19-17-33-23-10-6-7-11-24(23)34-19/h3-14,19H,15-17H2,1-2H3,(H,26,28)/t19-/m1/s1. The molecule has 1 atom stereocenters. The first-order chi connectivity index (χ1) is 16.9. The molecule has 35 heavy (non-hydrogen) atoms. The maximum atomic E-state index is 13.6. The summed E-state index contributed by atoms with van der Waals surface area (Å²) in [5.41, 5.74) is 0.178. The van der Waals surface area contributed by atoms with E-state index >= 15 is 0 Å². The number of ether oxygens (including phenoxy) is 4. The summed E-state index contributed by atoms with van der Waals surface area (Å²) in [6.07, 6.45) is -0.417. The van der Waals surface area contributed by atoms with Gasteiger partial charge in [0, 0.05) is 6.07 Å². The number of anilines is 1. The second-order valence-corrected chi connectivity index (χ2v) is 9.53. The van der Waals surface area contributed by atoms with Crippen LogP contribution in [-0.4, -0.2) is 54.3 Å². The van der Waals surface area contributed by atoms with Crippen molar-refractivity contribution in [3.8, 4) is 23.0 Å². The van der Waals surface area contributed by atoms with E-state index in [1.165, 1.54) is 32.4 Å². The Labute approximate surface area is 204 Å². The Balaban J connectivity index is 1.56. The van der Waals surface area contributed by atoms with Gasteiger partial charge in [-0.1, -0.05) is 30.3 Å². The molecular weight excluding hydrogens is 472 g/mol. The smallest absolute Gasteiger partial charge is 0.264 e. The summed E-state index contributed by atoms with van der Waals surface area (Å²) in [6.45, 7) is -0.0837. The highest BCUT2D eigenvalue weighted by Crippen LogP contribution is 2.35. The van der Waals surface area contributed by atoms with Gasteiger partial charge in [0.15, 0.2) is 11.5 Å². The summed E-state index contributed by atoms with van der Waals surface area (Å²) >= 11 is 0. The fraction of sp³-hybridized carbons (Fsp3) is 0.240. The molecule has 1 amide bonds. The number of carbonyl (C=O) groups is 1. The number of carbonyl (C=O) groups excluding carboxylic acids is 1. The van der Waals surface area contributed by atoms with Gasteiger partial charge >= 0.3 is 0 Å². The van der Waals surface area contributed by atoms with E-state index in [-0.39, 0.29) is 29.5 Å². The van der Waals surface area contributed by atoms with E-state index in [9.17, 15) is 13.2 Å². The minimum absolute atomic E-state index is 0.0401. The van der Waals surface area contributed by atoms with E-state index in [1.54, 1.807) is 42.5 Å². The number of amides is 1. The lowest BCUT2D eigenvalue weighted by Gasteiger charge is -2.28. The first kappa shape index (κ1) is 24.2. The third kappa shape index (κ3) is 5.43. The highest BCUT2D eigenvalue weighted by Gasteiger charge is 2.30. The van der Waals surface area contributed by atoms with Crippen LogP contribution in [0, 0.1) is 0 Å². The Hall–Kier alpha value is -3.92. The first-order valence-electron chi connectivity index (χ1n) is 10.9. The van der Waals surface area contributed by atoms with E-state index < -0.39 is 28.6 Å². The number of fused-ring (bicyclic) bond motifs is 1. The minimum Gasteiger partial charge on any atom is -0.497 e. The van der Waals surface area contributed by atoms with Crippen molar-refractivity contribution in [1.29, 1.82) is 0 Å². The van der Waals surface area contributed by atoms with Crippen molar-refractivity contribution < 1.29 is 32.2 Å². The van der Waals surface area contributed by atoms with Crippen molar-refractivity contribution in [2.45, 2.75) is 11.0 Å². The summed E-state index contributed by atoms with van der Waals surface area (Å²) in [4.78, 5) is 13.0. The van der Waals surface area contributed by atoms with Gasteiger partial charge in [-0.25, -0.2) is 8.42 Å². The molecule has 1 aliphatic rings. The molecule has 0 saturated carbocycles. The van der Waals surface area contributed by atoms with Gasteiger partial charge in [-0.3, -0.25) is 9.10 Å². The molecule has 0 aliphatic carbocycles. The molecule has 1 heterocycles. The van der Waals surface area contributed by atoms with Crippen LogP contribution >= 0.6 is 0 Å². The third-order valence-corrected chi connectivity index (χ3v) is 7.14. The lowest BCUT2D eigenvalue weighted by molar-refractivity contribution is -0.120. The Kier molecular flexibility index (Phi) is 7.31. The van der Waals surface area contributed by atoms with Crippen LogP contribution in [0.15, 0.2) is 77.7 Å². The number of nitrogens with zero attached hydrogens (tertiary/aromatic N) is 1. The van der Waals surface area contributed by atoms with Crippen molar-refractivity contribution in [2.24, 2.45) is 0 Å². The molecule has 0 fully saturated rings. The molecule has 3 aromatic carbocycles. The Morgan fingerprint density at radius 3 is 2.43 bits per heavy atom. The van der Waals surface area contributed by atoms with Gasteiger partial charge in [0.25, 0.3) is 10.0 Å². The normalized spacial score (nSPS) is 14.6. The fourth-order valence-electron chi connectivity index (χ4n) is 3.59. The molecule has 4 rings (SSSR count). The summed E-state index contributed by atoms with van der Waals surface area (Å²) in [6, 6.07) is 19.9. The van der Waals surface area contributed by atoms with Gasteiger partial charge < -0.3 is 24.3 Å². The molecule has 1 N–H and O–H groups in total. The van der Waals surface area contributed by atoms with E-state index in [0.717, 1.165) is 4.31 Å². The van der Waals surface area contributed by atoms with Crippen LogP contribution in [0.25, 0.3) is 0 Å². The molecular formula is C25H26N2O7S. The number of rotatable bonds is 9. The average molecular weight is 499 g/mol. The monoisotopic (exact) mass is 498 g/mol. The van der Waals surface area contributed by atoms with Crippen molar-refractivity contribution in [2.75, 3.05) is 38.2 Å². The number of hydrogen-bond acceptors (Lipinski definition) is 7. The first-order valence-corrected chi connectivity index (χ1v) is 12.3. The van der Waals surface area contributed by atoms with E-state index in [0.29, 0.717) is 17.2 Å². The Morgan fingerprint density at radius 2 is 1.71 bits per heavy atom. The number of benzene rings is 3. The molecule has 10 heteroatoms. The molecule has 9 nitrogen and oxygen atoms in total. The van der Waals surface area contributed by atoms with Gasteiger partial charge in [0.2, 0.25) is 5.91 Å². The van der Waals surface area contributed by atoms with Crippen molar-refractivity contribution >= 4 is 21.6 Å². The maximum absolute atomic E-state index is 13.6. The van der Waals surface area contributed by atoms with Crippen LogP contribution in [0.5, 0.6) is 23.0 Å². The third-order valence-electron chi connectivity index (χ3n) is 5.37. The molecule has 184 valence electrons. The van der Waals surface area contributed by atoms with Crippen LogP contribution in [-0.2, 0) is 14.8 Å². The number of para-hydroxylation sites is 2. The zero-order valence-corrected chi connectivity index (χ0v) is 20.2. The van der Waals surface area contributed by atoms with Crippen molar-refractivity contribution in [3.05, 3.63) is 72.8 Å². The van der Waals surface area contributed by atoms with Gasteiger partial charge in [-0.05, 0) is 36.4 Å². The van der Waals surface area contributed by atoms with Crippen molar-refractivity contribution in [3.63, 3.8) is 0 Å². The van der Waals surface area contributed by atoms with Gasteiger partial charge in [0.05, 0.1) is 31.3 Å². The van der Waals surface area contributed by atoms with E-state index in [1.807, 2.05) is 12.1 Å². The molecule has 0 saturated heterocycles. The summed E-state index contributed by atoms with van der Waals surface area (Å²) in [5.74, 6) is 1.41. The largest absolute Gasteiger partial charge is 0.497 e. The second-order valence-electron chi connectivity index (χ2n) is 7.66. The van der Waals surface area contributed by atoms with Crippen molar-refractivity contribution in [1.82, 2.24) is 5.32 Å². The number of methoxy groups -OCH3 is 2. The molecule has 0 bridgehead atoms. The quantitative estimate of drug-likeness (QED) is 0.484. The van der Waals surface area contributed by atoms with Gasteiger partial charge in [-0.2, -0.15) is 0 Å². The number of nitrogens with one attached hydrogen (secondary N) is 1. The highest BCUT2D eigenvalue weighted by molar-refractivity contribution is 7.92. The summed E-state index contributed by atoms with van der Waals surface area (Å²) in [7, 11) is -1.21. The lowest BCUT2D eigenvalue weighted by atomic mass is 10.2. The van der Waals surface area contributed by atoms with Crippen LogP contribution in [0.3, 0.4) is 0 Å². The van der Waals surface area contributed by atoms with Gasteiger partial charge in [-0.15, -0.1) is 0 Å². The minimum atomic E-state index is -4.11. The highest BCUT2D eigenvalue weighted by atomic mass is 32.2. The predicted octanol–water partition coefficient (Wildman–Crippen LogP) is 2.86. The van der Waals surface area contributed by atoms with Gasteiger partial charge in [0.1, 0.15) is 30.8 Å².